The largest absolute Gasteiger partial charge is 0.497 e. The molecule has 0 saturated carbocycles. The molecule has 2 aromatic carbocycles. The maximum absolute atomic E-state index is 12.0. The maximum atomic E-state index is 12.0. The Morgan fingerprint density at radius 2 is 1.85 bits per heavy atom. The van der Waals surface area contributed by atoms with Crippen LogP contribution in [0.25, 0.3) is 11.5 Å². The molecule has 26 heavy (non-hydrogen) atoms. The molecule has 0 radical (unpaired) electrons. The molecular formula is C19H18ClN3O3. The molecule has 1 N–H and O–H groups in total. The van der Waals surface area contributed by atoms with E-state index in [9.17, 15) is 4.79 Å². The summed E-state index contributed by atoms with van der Waals surface area (Å²) in [7, 11) is 1.62. The van der Waals surface area contributed by atoms with Crippen LogP contribution in [0.15, 0.2) is 52.9 Å². The van der Waals surface area contributed by atoms with Gasteiger partial charge in [-0.2, -0.15) is 0 Å². The summed E-state index contributed by atoms with van der Waals surface area (Å²) in [6.45, 7) is 0.196. The van der Waals surface area contributed by atoms with Gasteiger partial charge in [0.15, 0.2) is 0 Å². The van der Waals surface area contributed by atoms with E-state index in [2.05, 4.69) is 15.5 Å². The number of nitrogens with one attached hydrogen (secondary N) is 1. The van der Waals surface area contributed by atoms with E-state index in [0.29, 0.717) is 29.6 Å². The molecular weight excluding hydrogens is 354 g/mol. The first-order chi connectivity index (χ1) is 12.6. The summed E-state index contributed by atoms with van der Waals surface area (Å²) in [5.41, 5.74) is 1.85. The minimum atomic E-state index is -0.0768. The van der Waals surface area contributed by atoms with Gasteiger partial charge in [-0.05, 0) is 48.4 Å². The van der Waals surface area contributed by atoms with Gasteiger partial charge in [0.2, 0.25) is 17.7 Å². The molecule has 0 atom stereocenters. The van der Waals surface area contributed by atoms with Crippen LogP contribution < -0.4 is 10.1 Å². The molecule has 0 aliphatic heterocycles. The van der Waals surface area contributed by atoms with Gasteiger partial charge < -0.3 is 14.5 Å². The Bertz CT molecular complexity index is 860. The van der Waals surface area contributed by atoms with Gasteiger partial charge in [0.05, 0.1) is 13.7 Å². The van der Waals surface area contributed by atoms with E-state index < -0.39 is 0 Å². The topological polar surface area (TPSA) is 77.2 Å². The number of aryl methyl sites for hydroxylation is 1. The number of hydrogen-bond donors (Lipinski definition) is 1. The Morgan fingerprint density at radius 3 is 2.54 bits per heavy atom. The van der Waals surface area contributed by atoms with Gasteiger partial charge in [0.25, 0.3) is 0 Å². The van der Waals surface area contributed by atoms with E-state index in [4.69, 9.17) is 20.8 Å². The Morgan fingerprint density at radius 1 is 1.12 bits per heavy atom. The summed E-state index contributed by atoms with van der Waals surface area (Å²) in [6, 6.07) is 14.8. The first-order valence-electron chi connectivity index (χ1n) is 8.12. The van der Waals surface area contributed by atoms with Crippen molar-refractivity contribution in [2.75, 3.05) is 7.11 Å². The lowest BCUT2D eigenvalue weighted by atomic mass is 10.1. The molecule has 0 saturated heterocycles. The normalized spacial score (nSPS) is 10.5. The summed E-state index contributed by atoms with van der Waals surface area (Å²) >= 11 is 5.86. The van der Waals surface area contributed by atoms with Crippen molar-refractivity contribution in [1.29, 1.82) is 0 Å². The Balaban J connectivity index is 1.47. The second kappa shape index (κ2) is 8.49. The van der Waals surface area contributed by atoms with Crippen LogP contribution in [-0.2, 0) is 17.8 Å². The van der Waals surface area contributed by atoms with Crippen molar-refractivity contribution in [3.8, 4) is 17.2 Å². The number of carbonyl (C=O) groups excluding carboxylic acids is 1. The molecule has 0 fully saturated rings. The van der Waals surface area contributed by atoms with E-state index in [0.717, 1.165) is 16.9 Å². The maximum Gasteiger partial charge on any atom is 0.247 e. The molecule has 1 heterocycles. The SMILES string of the molecule is COc1ccc(CCC(=O)NCc2nnc(-c3ccc(Cl)cc3)o2)cc1. The van der Waals surface area contributed by atoms with Crippen LogP contribution in [-0.4, -0.2) is 23.2 Å². The molecule has 134 valence electrons. The van der Waals surface area contributed by atoms with Crippen molar-refractivity contribution in [3.63, 3.8) is 0 Å². The van der Waals surface area contributed by atoms with E-state index in [-0.39, 0.29) is 12.5 Å². The number of benzene rings is 2. The zero-order valence-corrected chi connectivity index (χ0v) is 15.0. The number of amides is 1. The first kappa shape index (κ1) is 17.9. The molecule has 3 rings (SSSR count). The second-order valence-corrected chi connectivity index (χ2v) is 6.07. The Kier molecular flexibility index (Phi) is 5.86. The van der Waals surface area contributed by atoms with Crippen LogP contribution in [0, 0.1) is 0 Å². The molecule has 3 aromatic rings. The van der Waals surface area contributed by atoms with Crippen LogP contribution in [0.5, 0.6) is 5.75 Å². The van der Waals surface area contributed by atoms with Crippen LogP contribution in [0.3, 0.4) is 0 Å². The molecule has 1 aromatic heterocycles. The smallest absolute Gasteiger partial charge is 0.247 e. The molecule has 6 nitrogen and oxygen atoms in total. The monoisotopic (exact) mass is 371 g/mol. The lowest BCUT2D eigenvalue weighted by Gasteiger charge is -2.04. The zero-order valence-electron chi connectivity index (χ0n) is 14.2. The number of halogens is 1. The third-order valence-electron chi connectivity index (χ3n) is 3.79. The van der Waals surface area contributed by atoms with Crippen molar-refractivity contribution < 1.29 is 13.9 Å². The first-order valence-corrected chi connectivity index (χ1v) is 8.50. The van der Waals surface area contributed by atoms with Gasteiger partial charge in [-0.15, -0.1) is 10.2 Å². The predicted molar refractivity (Wildman–Crippen MR) is 97.9 cm³/mol. The molecule has 0 aliphatic rings. The van der Waals surface area contributed by atoms with Gasteiger partial charge in [-0.25, -0.2) is 0 Å². The number of rotatable bonds is 7. The predicted octanol–water partition coefficient (Wildman–Crippen LogP) is 3.65. The second-order valence-electron chi connectivity index (χ2n) is 5.63. The minimum absolute atomic E-state index is 0.0768. The van der Waals surface area contributed by atoms with E-state index in [1.807, 2.05) is 24.3 Å². The molecule has 1 amide bonds. The van der Waals surface area contributed by atoms with Crippen LogP contribution in [0.4, 0.5) is 0 Å². The fraction of sp³-hybridized carbons (Fsp3) is 0.211. The van der Waals surface area contributed by atoms with Gasteiger partial charge in [-0.3, -0.25) is 4.79 Å². The highest BCUT2D eigenvalue weighted by molar-refractivity contribution is 6.30. The number of carbonyl (C=O) groups is 1. The highest BCUT2D eigenvalue weighted by Gasteiger charge is 2.10. The Hall–Kier alpha value is -2.86. The summed E-state index contributed by atoms with van der Waals surface area (Å²) in [5.74, 6) is 1.47. The summed E-state index contributed by atoms with van der Waals surface area (Å²) in [4.78, 5) is 12.0. The number of methoxy groups -OCH3 is 1. The fourth-order valence-corrected chi connectivity index (χ4v) is 2.47. The van der Waals surface area contributed by atoms with E-state index in [1.54, 1.807) is 31.4 Å². The average Bonchev–Trinajstić information content (AvgIpc) is 3.14. The van der Waals surface area contributed by atoms with Crippen LogP contribution in [0.2, 0.25) is 5.02 Å². The standard InChI is InChI=1S/C19H18ClN3O3/c1-25-16-9-2-13(3-10-16)4-11-17(24)21-12-18-22-23-19(26-18)14-5-7-15(20)8-6-14/h2-3,5-10H,4,11-12H2,1H3,(H,21,24). The summed E-state index contributed by atoms with van der Waals surface area (Å²) < 4.78 is 10.7. The summed E-state index contributed by atoms with van der Waals surface area (Å²) in [5, 5.41) is 11.3. The number of ether oxygens (including phenoxy) is 1. The molecule has 0 aliphatic carbocycles. The number of nitrogens with zero attached hydrogens (tertiary/aromatic N) is 2. The summed E-state index contributed by atoms with van der Waals surface area (Å²) in [6.07, 6.45) is 1.03. The Labute approximate surface area is 156 Å². The van der Waals surface area contributed by atoms with Gasteiger partial charge in [0, 0.05) is 17.0 Å². The third kappa shape index (κ3) is 4.83. The van der Waals surface area contributed by atoms with Crippen molar-refractivity contribution >= 4 is 17.5 Å². The minimum Gasteiger partial charge on any atom is -0.497 e. The number of aromatic nitrogens is 2. The van der Waals surface area contributed by atoms with Crippen molar-refractivity contribution in [2.24, 2.45) is 0 Å². The van der Waals surface area contributed by atoms with Crippen molar-refractivity contribution in [2.45, 2.75) is 19.4 Å². The molecule has 7 heteroatoms. The quantitative estimate of drug-likeness (QED) is 0.686. The van der Waals surface area contributed by atoms with E-state index in [1.165, 1.54) is 0 Å². The third-order valence-corrected chi connectivity index (χ3v) is 4.05. The highest BCUT2D eigenvalue weighted by atomic mass is 35.5. The van der Waals surface area contributed by atoms with Crippen LogP contribution in [0.1, 0.15) is 17.9 Å². The van der Waals surface area contributed by atoms with Gasteiger partial charge in [-0.1, -0.05) is 23.7 Å². The van der Waals surface area contributed by atoms with Crippen molar-refractivity contribution in [3.05, 3.63) is 65.0 Å². The lowest BCUT2D eigenvalue weighted by molar-refractivity contribution is -0.121. The van der Waals surface area contributed by atoms with Crippen LogP contribution >= 0.6 is 11.6 Å². The van der Waals surface area contributed by atoms with Gasteiger partial charge >= 0.3 is 0 Å². The van der Waals surface area contributed by atoms with E-state index >= 15 is 0 Å². The fourth-order valence-electron chi connectivity index (χ4n) is 2.35. The number of hydrogen-bond acceptors (Lipinski definition) is 5. The lowest BCUT2D eigenvalue weighted by Crippen LogP contribution is -2.23. The molecule has 0 unspecified atom stereocenters. The average molecular weight is 372 g/mol. The molecule has 0 spiro atoms. The zero-order chi connectivity index (χ0) is 18.4. The molecule has 0 bridgehead atoms. The van der Waals surface area contributed by atoms with Crippen molar-refractivity contribution in [1.82, 2.24) is 15.5 Å². The highest BCUT2D eigenvalue weighted by Crippen LogP contribution is 2.20. The van der Waals surface area contributed by atoms with Gasteiger partial charge in [0.1, 0.15) is 5.75 Å².